The maximum atomic E-state index is 5.77. The molecule has 2 aromatic rings. The number of nitrogens with zero attached hydrogens (tertiary/aromatic N) is 2. The Morgan fingerprint density at radius 1 is 1.29 bits per heavy atom. The van der Waals surface area contributed by atoms with Crippen molar-refractivity contribution >= 4 is 11.3 Å². The van der Waals surface area contributed by atoms with E-state index in [1.54, 1.807) is 7.11 Å². The van der Waals surface area contributed by atoms with E-state index in [0.717, 1.165) is 17.3 Å². The molecular formula is C15H21N3O2S. The molecule has 0 atom stereocenters. The summed E-state index contributed by atoms with van der Waals surface area (Å²) in [7, 11) is 1.68. The van der Waals surface area contributed by atoms with Crippen LogP contribution in [0.25, 0.3) is 0 Å². The minimum Gasteiger partial charge on any atom is -0.430 e. The second kappa shape index (κ2) is 8.07. The van der Waals surface area contributed by atoms with E-state index in [4.69, 9.17) is 9.47 Å². The number of methoxy groups -OCH3 is 1. The van der Waals surface area contributed by atoms with Crippen LogP contribution in [0, 0.1) is 0 Å². The third kappa shape index (κ3) is 5.08. The average Bonchev–Trinajstić information content (AvgIpc) is 2.91. The molecular weight excluding hydrogens is 286 g/mol. The molecule has 0 saturated carbocycles. The van der Waals surface area contributed by atoms with E-state index in [0.29, 0.717) is 24.3 Å². The SMILES string of the molecule is COCCNCc1nnc(Oc2cccc(C(C)C)c2)s1. The number of aromatic nitrogens is 2. The molecule has 0 aliphatic carbocycles. The Labute approximate surface area is 129 Å². The fourth-order valence-corrected chi connectivity index (χ4v) is 2.44. The number of ether oxygens (including phenoxy) is 2. The lowest BCUT2D eigenvalue weighted by Crippen LogP contribution is -2.18. The van der Waals surface area contributed by atoms with Crippen molar-refractivity contribution < 1.29 is 9.47 Å². The van der Waals surface area contributed by atoms with Gasteiger partial charge in [-0.15, -0.1) is 5.10 Å². The monoisotopic (exact) mass is 307 g/mol. The molecule has 0 fully saturated rings. The smallest absolute Gasteiger partial charge is 0.299 e. The number of hydrogen-bond acceptors (Lipinski definition) is 6. The van der Waals surface area contributed by atoms with Gasteiger partial charge in [-0.3, -0.25) is 0 Å². The zero-order valence-electron chi connectivity index (χ0n) is 12.6. The van der Waals surface area contributed by atoms with Gasteiger partial charge in [-0.1, -0.05) is 42.4 Å². The Balaban J connectivity index is 1.91. The highest BCUT2D eigenvalue weighted by Gasteiger charge is 2.07. The van der Waals surface area contributed by atoms with Gasteiger partial charge in [0, 0.05) is 20.2 Å². The van der Waals surface area contributed by atoms with Crippen molar-refractivity contribution in [3.05, 3.63) is 34.8 Å². The summed E-state index contributed by atoms with van der Waals surface area (Å²) in [6, 6.07) is 8.08. The second-order valence-corrected chi connectivity index (χ2v) is 5.99. The van der Waals surface area contributed by atoms with Crippen LogP contribution < -0.4 is 10.1 Å². The predicted octanol–water partition coefficient (Wildman–Crippen LogP) is 3.19. The van der Waals surface area contributed by atoms with E-state index in [-0.39, 0.29) is 0 Å². The van der Waals surface area contributed by atoms with Crippen LogP contribution in [0.15, 0.2) is 24.3 Å². The van der Waals surface area contributed by atoms with Crippen molar-refractivity contribution in [1.82, 2.24) is 15.5 Å². The Morgan fingerprint density at radius 2 is 2.14 bits per heavy atom. The van der Waals surface area contributed by atoms with Crippen molar-refractivity contribution in [3.63, 3.8) is 0 Å². The van der Waals surface area contributed by atoms with Gasteiger partial charge < -0.3 is 14.8 Å². The average molecular weight is 307 g/mol. The largest absolute Gasteiger partial charge is 0.430 e. The van der Waals surface area contributed by atoms with Crippen LogP contribution in [-0.2, 0) is 11.3 Å². The summed E-state index contributed by atoms with van der Waals surface area (Å²) in [5, 5.41) is 12.9. The van der Waals surface area contributed by atoms with Gasteiger partial charge in [-0.05, 0) is 23.6 Å². The fourth-order valence-electron chi connectivity index (χ4n) is 1.76. The van der Waals surface area contributed by atoms with E-state index in [9.17, 15) is 0 Å². The summed E-state index contributed by atoms with van der Waals surface area (Å²) >= 11 is 1.45. The molecule has 5 nitrogen and oxygen atoms in total. The molecule has 0 aliphatic rings. The maximum absolute atomic E-state index is 5.77. The van der Waals surface area contributed by atoms with Crippen LogP contribution in [0.5, 0.6) is 10.9 Å². The molecule has 0 bridgehead atoms. The van der Waals surface area contributed by atoms with Crippen molar-refractivity contribution in [3.8, 4) is 10.9 Å². The molecule has 0 amide bonds. The third-order valence-electron chi connectivity index (χ3n) is 2.94. The van der Waals surface area contributed by atoms with Crippen LogP contribution in [0.2, 0.25) is 0 Å². The minimum absolute atomic E-state index is 0.475. The van der Waals surface area contributed by atoms with Crippen LogP contribution in [0.4, 0.5) is 0 Å². The van der Waals surface area contributed by atoms with Crippen molar-refractivity contribution in [1.29, 1.82) is 0 Å². The highest BCUT2D eigenvalue weighted by atomic mass is 32.1. The number of rotatable bonds is 8. The molecule has 0 radical (unpaired) electrons. The molecule has 1 aromatic heterocycles. The summed E-state index contributed by atoms with van der Waals surface area (Å²) < 4.78 is 10.7. The zero-order chi connectivity index (χ0) is 15.1. The Bertz CT molecular complexity index is 557. The Morgan fingerprint density at radius 3 is 2.90 bits per heavy atom. The summed E-state index contributed by atoms with van der Waals surface area (Å²) in [6.07, 6.45) is 0. The van der Waals surface area contributed by atoms with Gasteiger partial charge in [-0.2, -0.15) is 0 Å². The molecule has 0 spiro atoms. The molecule has 1 heterocycles. The normalized spacial score (nSPS) is 11.0. The Hall–Kier alpha value is -1.50. The molecule has 2 rings (SSSR count). The van der Waals surface area contributed by atoms with Crippen LogP contribution >= 0.6 is 11.3 Å². The third-order valence-corrected chi connectivity index (χ3v) is 3.74. The predicted molar refractivity (Wildman–Crippen MR) is 84.1 cm³/mol. The van der Waals surface area contributed by atoms with Crippen molar-refractivity contribution in [2.75, 3.05) is 20.3 Å². The lowest BCUT2D eigenvalue weighted by Gasteiger charge is -2.07. The molecule has 6 heteroatoms. The van der Waals surface area contributed by atoms with Crippen molar-refractivity contribution in [2.24, 2.45) is 0 Å². The zero-order valence-corrected chi connectivity index (χ0v) is 13.4. The molecule has 0 unspecified atom stereocenters. The highest BCUT2D eigenvalue weighted by molar-refractivity contribution is 7.13. The number of hydrogen-bond donors (Lipinski definition) is 1. The van der Waals surface area contributed by atoms with E-state index in [1.165, 1.54) is 16.9 Å². The van der Waals surface area contributed by atoms with Gasteiger partial charge in [0.15, 0.2) is 0 Å². The summed E-state index contributed by atoms with van der Waals surface area (Å²) in [5.41, 5.74) is 1.25. The minimum atomic E-state index is 0.475. The lowest BCUT2D eigenvalue weighted by molar-refractivity contribution is 0.199. The number of nitrogens with one attached hydrogen (secondary N) is 1. The Kier molecular flexibility index (Phi) is 6.10. The molecule has 1 N–H and O–H groups in total. The molecule has 0 aliphatic heterocycles. The maximum Gasteiger partial charge on any atom is 0.299 e. The quantitative estimate of drug-likeness (QED) is 0.759. The standard InChI is InChI=1S/C15H21N3O2S/c1-11(2)12-5-4-6-13(9-12)20-15-18-17-14(21-15)10-16-7-8-19-3/h4-6,9,11,16H,7-8,10H2,1-3H3. The topological polar surface area (TPSA) is 56.3 Å². The first-order valence-electron chi connectivity index (χ1n) is 6.99. The van der Waals surface area contributed by atoms with E-state index < -0.39 is 0 Å². The van der Waals surface area contributed by atoms with Crippen LogP contribution in [0.1, 0.15) is 30.3 Å². The summed E-state index contributed by atoms with van der Waals surface area (Å²) in [5.74, 6) is 1.28. The summed E-state index contributed by atoms with van der Waals surface area (Å²) in [4.78, 5) is 0. The van der Waals surface area contributed by atoms with Gasteiger partial charge in [0.05, 0.1) is 6.61 Å². The molecule has 1 aromatic carbocycles. The van der Waals surface area contributed by atoms with Gasteiger partial charge in [0.1, 0.15) is 10.8 Å². The summed E-state index contributed by atoms with van der Waals surface area (Å²) in [6.45, 7) is 6.48. The second-order valence-electron chi connectivity index (χ2n) is 4.96. The van der Waals surface area contributed by atoms with Gasteiger partial charge in [0.25, 0.3) is 5.19 Å². The van der Waals surface area contributed by atoms with Crippen LogP contribution in [-0.4, -0.2) is 30.5 Å². The van der Waals surface area contributed by atoms with Gasteiger partial charge >= 0.3 is 0 Å². The molecule has 0 saturated heterocycles. The fraction of sp³-hybridized carbons (Fsp3) is 0.467. The highest BCUT2D eigenvalue weighted by Crippen LogP contribution is 2.27. The molecule has 21 heavy (non-hydrogen) atoms. The first-order chi connectivity index (χ1) is 10.2. The first-order valence-corrected chi connectivity index (χ1v) is 7.80. The van der Waals surface area contributed by atoms with E-state index >= 15 is 0 Å². The van der Waals surface area contributed by atoms with E-state index in [2.05, 4.69) is 35.4 Å². The number of benzene rings is 1. The first kappa shape index (κ1) is 15.9. The van der Waals surface area contributed by atoms with Gasteiger partial charge in [0.2, 0.25) is 0 Å². The lowest BCUT2D eigenvalue weighted by atomic mass is 10.0. The van der Waals surface area contributed by atoms with Gasteiger partial charge in [-0.25, -0.2) is 0 Å². The molecule has 114 valence electrons. The van der Waals surface area contributed by atoms with E-state index in [1.807, 2.05) is 18.2 Å². The van der Waals surface area contributed by atoms with Crippen molar-refractivity contribution in [2.45, 2.75) is 26.3 Å². The van der Waals surface area contributed by atoms with Crippen LogP contribution in [0.3, 0.4) is 0 Å².